The quantitative estimate of drug-likeness (QED) is 0.520. The second-order valence-corrected chi connectivity index (χ2v) is 5.99. The van der Waals surface area contributed by atoms with E-state index in [2.05, 4.69) is 15.3 Å². The smallest absolute Gasteiger partial charge is 0.331 e. The van der Waals surface area contributed by atoms with Crippen molar-refractivity contribution < 1.29 is 14.7 Å². The van der Waals surface area contributed by atoms with Gasteiger partial charge in [-0.2, -0.15) is 0 Å². The van der Waals surface area contributed by atoms with E-state index in [9.17, 15) is 24.3 Å². The molecule has 0 aliphatic carbocycles. The third kappa shape index (κ3) is 3.64. The van der Waals surface area contributed by atoms with Crippen molar-refractivity contribution in [2.24, 2.45) is 7.05 Å². The lowest BCUT2D eigenvalue weighted by atomic mass is 10.1. The molecule has 3 aromatic rings. The number of nitrogens with one attached hydrogen (secondary N) is 2. The Morgan fingerprint density at radius 3 is 2.70 bits per heavy atom. The highest BCUT2D eigenvalue weighted by Crippen LogP contribution is 2.05. The van der Waals surface area contributed by atoms with Crippen LogP contribution >= 0.6 is 0 Å². The molecule has 0 saturated carbocycles. The lowest BCUT2D eigenvalue weighted by Gasteiger charge is -2.15. The number of carboxylic acids is 1. The van der Waals surface area contributed by atoms with Crippen molar-refractivity contribution in [3.05, 3.63) is 63.3 Å². The third-order valence-electron chi connectivity index (χ3n) is 4.17. The van der Waals surface area contributed by atoms with Crippen molar-refractivity contribution in [2.75, 3.05) is 0 Å². The highest BCUT2D eigenvalue weighted by Gasteiger charge is 2.22. The van der Waals surface area contributed by atoms with Gasteiger partial charge in [0.15, 0.2) is 0 Å². The number of fused-ring (bicyclic) bond motifs is 1. The Balaban J connectivity index is 1.86. The minimum atomic E-state index is -1.24. The molecule has 10 nitrogen and oxygen atoms in total. The summed E-state index contributed by atoms with van der Waals surface area (Å²) < 4.78 is 2.05. The van der Waals surface area contributed by atoms with Crippen molar-refractivity contribution in [3.8, 4) is 0 Å². The number of para-hydroxylation sites is 1. The van der Waals surface area contributed by atoms with Gasteiger partial charge < -0.3 is 15.4 Å². The fourth-order valence-corrected chi connectivity index (χ4v) is 2.80. The zero-order valence-electron chi connectivity index (χ0n) is 14.4. The Kier molecular flexibility index (Phi) is 4.88. The first kappa shape index (κ1) is 18.1. The topological polar surface area (TPSA) is 139 Å². The molecule has 1 aromatic carbocycles. The number of aromatic amines is 1. The fourth-order valence-electron chi connectivity index (χ4n) is 2.80. The molecule has 2 heterocycles. The van der Waals surface area contributed by atoms with E-state index in [-0.39, 0.29) is 6.42 Å². The van der Waals surface area contributed by atoms with Crippen molar-refractivity contribution in [1.29, 1.82) is 0 Å². The summed E-state index contributed by atoms with van der Waals surface area (Å²) in [7, 11) is 1.50. The van der Waals surface area contributed by atoms with E-state index in [0.29, 0.717) is 16.6 Å². The van der Waals surface area contributed by atoms with E-state index in [0.717, 1.165) is 4.57 Å². The number of amides is 1. The van der Waals surface area contributed by atoms with Crippen LogP contribution in [0.2, 0.25) is 0 Å². The van der Waals surface area contributed by atoms with E-state index >= 15 is 0 Å². The molecule has 0 unspecified atom stereocenters. The van der Waals surface area contributed by atoms with Gasteiger partial charge in [0.25, 0.3) is 5.56 Å². The van der Waals surface area contributed by atoms with Crippen LogP contribution in [0.1, 0.15) is 5.69 Å². The SMILES string of the molecule is Cn1c(=O)n(CC(=O)N[C@@H](Cc2cnc[nH]2)C(=O)O)c(=O)c2ccccc21. The van der Waals surface area contributed by atoms with E-state index in [1.165, 1.54) is 24.1 Å². The predicted octanol–water partition coefficient (Wildman–Crippen LogP) is -0.765. The number of imidazole rings is 1. The van der Waals surface area contributed by atoms with Gasteiger partial charge in [-0.3, -0.25) is 18.7 Å². The number of benzene rings is 1. The number of rotatable bonds is 6. The van der Waals surface area contributed by atoms with Crippen LogP contribution < -0.4 is 16.6 Å². The number of carbonyl (C=O) groups excluding carboxylic acids is 1. The first-order valence-corrected chi connectivity index (χ1v) is 8.06. The molecule has 0 bridgehead atoms. The summed E-state index contributed by atoms with van der Waals surface area (Å²) in [5.74, 6) is -1.99. The summed E-state index contributed by atoms with van der Waals surface area (Å²) in [6.45, 7) is -0.580. The second-order valence-electron chi connectivity index (χ2n) is 5.99. The van der Waals surface area contributed by atoms with Gasteiger partial charge in [-0.15, -0.1) is 0 Å². The molecule has 140 valence electrons. The Morgan fingerprint density at radius 2 is 2.04 bits per heavy atom. The number of aromatic nitrogens is 4. The van der Waals surface area contributed by atoms with Gasteiger partial charge in [-0.25, -0.2) is 14.6 Å². The van der Waals surface area contributed by atoms with Gasteiger partial charge in [0.1, 0.15) is 12.6 Å². The molecular formula is C17H17N5O5. The number of carboxylic acid groups (broad SMARTS) is 1. The normalized spacial score (nSPS) is 12.0. The number of H-pyrrole nitrogens is 1. The van der Waals surface area contributed by atoms with Gasteiger partial charge in [0.05, 0.1) is 17.2 Å². The van der Waals surface area contributed by atoms with Crippen LogP contribution in [0.5, 0.6) is 0 Å². The molecular weight excluding hydrogens is 354 g/mol. The molecule has 0 radical (unpaired) electrons. The lowest BCUT2D eigenvalue weighted by molar-refractivity contribution is -0.141. The summed E-state index contributed by atoms with van der Waals surface area (Å²) in [6.07, 6.45) is 2.84. The maximum absolute atomic E-state index is 12.6. The second kappa shape index (κ2) is 7.28. The molecule has 0 saturated heterocycles. The molecule has 0 aliphatic heterocycles. The number of hydrogen-bond acceptors (Lipinski definition) is 5. The summed E-state index contributed by atoms with van der Waals surface area (Å²) in [5.41, 5.74) is -0.285. The molecule has 10 heteroatoms. The highest BCUT2D eigenvalue weighted by molar-refractivity contribution is 5.84. The van der Waals surface area contributed by atoms with Crippen LogP contribution in [0.25, 0.3) is 10.9 Å². The summed E-state index contributed by atoms with van der Waals surface area (Å²) in [4.78, 5) is 55.2. The Hall–Kier alpha value is -3.69. The number of nitrogens with zero attached hydrogens (tertiary/aromatic N) is 3. The van der Waals surface area contributed by atoms with Gasteiger partial charge >= 0.3 is 11.7 Å². The Morgan fingerprint density at radius 1 is 1.30 bits per heavy atom. The molecule has 3 N–H and O–H groups in total. The highest BCUT2D eigenvalue weighted by atomic mass is 16.4. The van der Waals surface area contributed by atoms with Crippen LogP contribution in [-0.4, -0.2) is 42.1 Å². The molecule has 2 aromatic heterocycles. The molecule has 1 amide bonds. The zero-order chi connectivity index (χ0) is 19.6. The fraction of sp³-hybridized carbons (Fsp3) is 0.235. The van der Waals surface area contributed by atoms with Gasteiger partial charge in [-0.1, -0.05) is 12.1 Å². The number of aliphatic carboxylic acids is 1. The van der Waals surface area contributed by atoms with Gasteiger partial charge in [0.2, 0.25) is 5.91 Å². The summed E-state index contributed by atoms with van der Waals surface area (Å²) in [6, 6.07) is 5.32. The van der Waals surface area contributed by atoms with Crippen LogP contribution in [0.15, 0.2) is 46.4 Å². The Labute approximate surface area is 152 Å². The molecule has 1 atom stereocenters. The summed E-state index contributed by atoms with van der Waals surface area (Å²) in [5, 5.41) is 11.9. The summed E-state index contributed by atoms with van der Waals surface area (Å²) >= 11 is 0. The number of aryl methyl sites for hydroxylation is 1. The van der Waals surface area contributed by atoms with Crippen molar-refractivity contribution in [3.63, 3.8) is 0 Å². The molecule has 0 spiro atoms. The van der Waals surface area contributed by atoms with Gasteiger partial charge in [0, 0.05) is 25.4 Å². The average Bonchev–Trinajstić information content (AvgIpc) is 3.16. The Bertz CT molecular complexity index is 1110. The third-order valence-corrected chi connectivity index (χ3v) is 4.17. The van der Waals surface area contributed by atoms with E-state index in [1.807, 2.05) is 0 Å². The number of hydrogen-bond donors (Lipinski definition) is 3. The molecule has 0 fully saturated rings. The monoisotopic (exact) mass is 371 g/mol. The van der Waals surface area contributed by atoms with Crippen LogP contribution in [-0.2, 0) is 29.6 Å². The molecule has 27 heavy (non-hydrogen) atoms. The minimum Gasteiger partial charge on any atom is -0.480 e. The molecule has 0 aliphatic rings. The maximum Gasteiger partial charge on any atom is 0.331 e. The van der Waals surface area contributed by atoms with Crippen molar-refractivity contribution in [2.45, 2.75) is 19.0 Å². The van der Waals surface area contributed by atoms with E-state index < -0.39 is 35.7 Å². The van der Waals surface area contributed by atoms with Crippen LogP contribution in [0.4, 0.5) is 0 Å². The first-order chi connectivity index (χ1) is 12.9. The first-order valence-electron chi connectivity index (χ1n) is 8.06. The predicted molar refractivity (Wildman–Crippen MR) is 95.3 cm³/mol. The standard InChI is InChI=1S/C17H17N5O5/c1-21-13-5-3-2-4-11(13)15(24)22(17(21)27)8-14(23)20-12(16(25)26)6-10-7-18-9-19-10/h2-5,7,9,12H,6,8H2,1H3,(H,18,19)(H,20,23)(H,25,26)/t12-/m0/s1. The van der Waals surface area contributed by atoms with E-state index in [4.69, 9.17) is 0 Å². The largest absolute Gasteiger partial charge is 0.480 e. The van der Waals surface area contributed by atoms with Crippen molar-refractivity contribution >= 4 is 22.8 Å². The average molecular weight is 371 g/mol. The van der Waals surface area contributed by atoms with Crippen molar-refractivity contribution in [1.82, 2.24) is 24.4 Å². The molecule has 3 rings (SSSR count). The van der Waals surface area contributed by atoms with E-state index in [1.54, 1.807) is 24.3 Å². The maximum atomic E-state index is 12.6. The lowest BCUT2D eigenvalue weighted by Crippen LogP contribution is -2.47. The number of carbonyl (C=O) groups is 2. The van der Waals surface area contributed by atoms with Gasteiger partial charge in [-0.05, 0) is 12.1 Å². The van der Waals surface area contributed by atoms with Crippen LogP contribution in [0, 0.1) is 0 Å². The zero-order valence-corrected chi connectivity index (χ0v) is 14.4. The minimum absolute atomic E-state index is 0.00823. The van der Waals surface area contributed by atoms with Crippen LogP contribution in [0.3, 0.4) is 0 Å².